The van der Waals surface area contributed by atoms with E-state index in [-0.39, 0.29) is 39.3 Å². The van der Waals surface area contributed by atoms with Crippen LogP contribution in [0.3, 0.4) is 0 Å². The Morgan fingerprint density at radius 1 is 0.763 bits per heavy atom. The van der Waals surface area contributed by atoms with Gasteiger partial charge in [0.25, 0.3) is 23.4 Å². The Morgan fingerprint density at radius 3 is 2.18 bits per heavy atom. The molecule has 0 saturated carbocycles. The van der Waals surface area contributed by atoms with Gasteiger partial charge in [-0.1, -0.05) is 24.3 Å². The molecule has 0 unspecified atom stereocenters. The van der Waals surface area contributed by atoms with Gasteiger partial charge in [0.2, 0.25) is 0 Å². The summed E-state index contributed by atoms with van der Waals surface area (Å²) in [5, 5.41) is 13.6. The van der Waals surface area contributed by atoms with Crippen molar-refractivity contribution in [2.24, 2.45) is 0 Å². The second-order valence-corrected chi connectivity index (χ2v) is 8.22. The first-order valence-corrected chi connectivity index (χ1v) is 11.3. The molecule has 0 bridgehead atoms. The SMILES string of the molecule is O=C(Nc1ccc2c(c1)C(=O)N(c1ccc(C(=O)Oc3ccccc3)cc1)C2=O)c1cccc([N+](=O)[O-])c1. The van der Waals surface area contributed by atoms with Gasteiger partial charge in [-0.25, -0.2) is 9.69 Å². The third kappa shape index (κ3) is 4.61. The van der Waals surface area contributed by atoms with E-state index >= 15 is 0 Å². The fourth-order valence-corrected chi connectivity index (χ4v) is 3.92. The first-order chi connectivity index (χ1) is 18.3. The van der Waals surface area contributed by atoms with Crippen LogP contribution in [0.2, 0.25) is 0 Å². The number of nitro benzene ring substituents is 1. The highest BCUT2D eigenvalue weighted by Crippen LogP contribution is 2.31. The van der Waals surface area contributed by atoms with Crippen LogP contribution < -0.4 is 15.0 Å². The molecule has 38 heavy (non-hydrogen) atoms. The fourth-order valence-electron chi connectivity index (χ4n) is 3.92. The van der Waals surface area contributed by atoms with Crippen LogP contribution >= 0.6 is 0 Å². The molecule has 10 nitrogen and oxygen atoms in total. The molecule has 0 aromatic heterocycles. The summed E-state index contributed by atoms with van der Waals surface area (Å²) in [4.78, 5) is 62.4. The van der Waals surface area contributed by atoms with Crippen LogP contribution in [0.4, 0.5) is 17.1 Å². The topological polar surface area (TPSA) is 136 Å². The maximum Gasteiger partial charge on any atom is 0.343 e. The summed E-state index contributed by atoms with van der Waals surface area (Å²) in [6.07, 6.45) is 0. The Kier molecular flexibility index (Phi) is 6.20. The van der Waals surface area contributed by atoms with Gasteiger partial charge < -0.3 is 10.1 Å². The minimum atomic E-state index is -0.611. The van der Waals surface area contributed by atoms with E-state index < -0.39 is 28.6 Å². The number of para-hydroxylation sites is 1. The predicted octanol–water partition coefficient (Wildman–Crippen LogP) is 4.87. The standard InChI is InChI=1S/C28H17N3O7/c32-25(18-5-4-6-21(15-18)31(36)37)29-19-11-14-23-24(16-19)27(34)30(26(23)33)20-12-9-17(10-13-20)28(35)38-22-7-2-1-3-8-22/h1-16H,(H,29,32). The van der Waals surface area contributed by atoms with E-state index in [0.717, 1.165) is 11.0 Å². The van der Waals surface area contributed by atoms with E-state index in [9.17, 15) is 29.3 Å². The molecule has 3 amide bonds. The summed E-state index contributed by atoms with van der Waals surface area (Å²) in [5.74, 6) is -1.97. The van der Waals surface area contributed by atoms with E-state index in [4.69, 9.17) is 4.74 Å². The van der Waals surface area contributed by atoms with Crippen LogP contribution in [-0.4, -0.2) is 28.6 Å². The highest BCUT2D eigenvalue weighted by Gasteiger charge is 2.37. The van der Waals surface area contributed by atoms with E-state index in [1.54, 1.807) is 30.3 Å². The predicted molar refractivity (Wildman–Crippen MR) is 136 cm³/mol. The van der Waals surface area contributed by atoms with Gasteiger partial charge in [0.1, 0.15) is 5.75 Å². The largest absolute Gasteiger partial charge is 0.423 e. The lowest BCUT2D eigenvalue weighted by Crippen LogP contribution is -2.29. The molecule has 10 heteroatoms. The zero-order valence-corrected chi connectivity index (χ0v) is 19.5. The van der Waals surface area contributed by atoms with Crippen molar-refractivity contribution in [2.45, 2.75) is 0 Å². The van der Waals surface area contributed by atoms with Gasteiger partial charge in [-0.2, -0.15) is 0 Å². The van der Waals surface area contributed by atoms with Crippen molar-refractivity contribution in [3.63, 3.8) is 0 Å². The molecule has 0 spiro atoms. The van der Waals surface area contributed by atoms with Crippen molar-refractivity contribution in [2.75, 3.05) is 10.2 Å². The Bertz CT molecular complexity index is 1620. The Balaban J connectivity index is 1.32. The monoisotopic (exact) mass is 507 g/mol. The first-order valence-electron chi connectivity index (χ1n) is 11.3. The van der Waals surface area contributed by atoms with Crippen LogP contribution in [-0.2, 0) is 0 Å². The van der Waals surface area contributed by atoms with E-state index in [0.29, 0.717) is 5.75 Å². The maximum absolute atomic E-state index is 13.1. The van der Waals surface area contributed by atoms with Gasteiger partial charge in [-0.3, -0.25) is 24.5 Å². The number of carbonyl (C=O) groups is 4. The third-order valence-electron chi connectivity index (χ3n) is 5.78. The molecule has 5 rings (SSSR count). The third-order valence-corrected chi connectivity index (χ3v) is 5.78. The highest BCUT2D eigenvalue weighted by molar-refractivity contribution is 6.34. The normalized spacial score (nSPS) is 12.2. The van der Waals surface area contributed by atoms with Crippen molar-refractivity contribution < 1.29 is 28.8 Å². The lowest BCUT2D eigenvalue weighted by molar-refractivity contribution is -0.384. The number of benzene rings is 4. The highest BCUT2D eigenvalue weighted by atomic mass is 16.6. The number of ether oxygens (including phenoxy) is 1. The average Bonchev–Trinajstić information content (AvgIpc) is 3.18. The number of fused-ring (bicyclic) bond motifs is 1. The van der Waals surface area contributed by atoms with Gasteiger partial charge in [0.15, 0.2) is 0 Å². The van der Waals surface area contributed by atoms with Crippen LogP contribution in [0.5, 0.6) is 5.75 Å². The molecular weight excluding hydrogens is 490 g/mol. The number of amides is 3. The zero-order valence-electron chi connectivity index (χ0n) is 19.5. The molecule has 0 fully saturated rings. The van der Waals surface area contributed by atoms with E-state index in [2.05, 4.69) is 5.32 Å². The Morgan fingerprint density at radius 2 is 1.47 bits per heavy atom. The summed E-state index contributed by atoms with van der Waals surface area (Å²) in [6.45, 7) is 0. The molecule has 4 aromatic carbocycles. The van der Waals surface area contributed by atoms with Gasteiger partial charge in [-0.15, -0.1) is 0 Å². The molecule has 0 saturated heterocycles. The number of esters is 1. The number of nitrogens with one attached hydrogen (secondary N) is 1. The number of imide groups is 1. The molecule has 0 atom stereocenters. The van der Waals surface area contributed by atoms with Crippen molar-refractivity contribution >= 4 is 40.8 Å². The van der Waals surface area contributed by atoms with Gasteiger partial charge >= 0.3 is 5.97 Å². The van der Waals surface area contributed by atoms with Crippen LogP contribution in [0, 0.1) is 10.1 Å². The summed E-state index contributed by atoms with van der Waals surface area (Å²) in [7, 11) is 0. The molecule has 1 aliphatic rings. The molecule has 186 valence electrons. The van der Waals surface area contributed by atoms with Gasteiger partial charge in [0.05, 0.1) is 27.3 Å². The minimum Gasteiger partial charge on any atom is -0.423 e. The summed E-state index contributed by atoms with van der Waals surface area (Å²) >= 11 is 0. The number of hydrogen-bond donors (Lipinski definition) is 1. The molecule has 4 aromatic rings. The molecular formula is C28H17N3O7. The summed E-state index contributed by atoms with van der Waals surface area (Å²) < 4.78 is 5.30. The Hall–Kier alpha value is -5.64. The number of hydrogen-bond acceptors (Lipinski definition) is 7. The van der Waals surface area contributed by atoms with Crippen molar-refractivity contribution in [3.8, 4) is 5.75 Å². The second kappa shape index (κ2) is 9.78. The van der Waals surface area contributed by atoms with Crippen LogP contribution in [0.15, 0.2) is 97.1 Å². The lowest BCUT2D eigenvalue weighted by Gasteiger charge is -2.14. The molecule has 1 heterocycles. The second-order valence-electron chi connectivity index (χ2n) is 8.22. The average molecular weight is 507 g/mol. The number of anilines is 2. The number of nitrogens with zero attached hydrogens (tertiary/aromatic N) is 2. The summed E-state index contributed by atoms with van der Waals surface area (Å²) in [6, 6.07) is 23.9. The van der Waals surface area contributed by atoms with E-state index in [1.165, 1.54) is 60.7 Å². The van der Waals surface area contributed by atoms with E-state index in [1.807, 2.05) is 0 Å². The van der Waals surface area contributed by atoms with Crippen LogP contribution in [0.25, 0.3) is 0 Å². The number of carbonyl (C=O) groups excluding carboxylic acids is 4. The molecule has 1 aliphatic heterocycles. The first kappa shape index (κ1) is 24.1. The number of nitro groups is 1. The quantitative estimate of drug-likeness (QED) is 0.129. The van der Waals surface area contributed by atoms with Gasteiger partial charge in [0, 0.05) is 23.4 Å². The fraction of sp³-hybridized carbons (Fsp3) is 0. The molecule has 1 N–H and O–H groups in total. The maximum atomic E-state index is 13.1. The van der Waals surface area contributed by atoms with Crippen molar-refractivity contribution in [1.82, 2.24) is 0 Å². The number of non-ortho nitro benzene ring substituents is 1. The van der Waals surface area contributed by atoms with Crippen molar-refractivity contribution in [3.05, 3.63) is 129 Å². The number of rotatable bonds is 6. The van der Waals surface area contributed by atoms with Crippen LogP contribution in [0.1, 0.15) is 41.4 Å². The zero-order chi connectivity index (χ0) is 26.8. The molecule has 0 aliphatic carbocycles. The minimum absolute atomic E-state index is 0.0645. The Labute approximate surface area is 215 Å². The smallest absolute Gasteiger partial charge is 0.343 e. The summed E-state index contributed by atoms with van der Waals surface area (Å²) in [5.41, 5.74) is 0.796. The van der Waals surface area contributed by atoms with Crippen molar-refractivity contribution in [1.29, 1.82) is 0 Å². The van der Waals surface area contributed by atoms with Gasteiger partial charge in [-0.05, 0) is 60.7 Å². The molecule has 0 radical (unpaired) electrons. The lowest BCUT2D eigenvalue weighted by atomic mass is 10.1.